The number of nitrogens with one attached hydrogen (secondary N) is 3. The fraction of sp³-hybridized carbons (Fsp3) is 0.214. The number of para-hydroxylation sites is 2. The van der Waals surface area contributed by atoms with Crippen LogP contribution in [0.15, 0.2) is 53.5 Å². The lowest BCUT2D eigenvalue weighted by Gasteiger charge is -2.08. The van der Waals surface area contributed by atoms with E-state index in [1.54, 1.807) is 28.1 Å². The minimum atomic E-state index is 0.376. The van der Waals surface area contributed by atoms with Crippen LogP contribution >= 0.6 is 0 Å². The topological polar surface area (TPSA) is 138 Å². The first-order valence-electron chi connectivity index (χ1n) is 11.9. The fourth-order valence-corrected chi connectivity index (χ4v) is 4.33. The molecule has 4 rings (SSSR count). The molecule has 0 saturated carbocycles. The lowest BCUT2D eigenvalue weighted by atomic mass is 10.0. The van der Waals surface area contributed by atoms with E-state index in [0.717, 1.165) is 33.0 Å². The van der Waals surface area contributed by atoms with E-state index >= 15 is 0 Å². The van der Waals surface area contributed by atoms with Gasteiger partial charge in [0.25, 0.3) is 0 Å². The molecule has 0 aliphatic heterocycles. The Labute approximate surface area is 215 Å². The van der Waals surface area contributed by atoms with E-state index < -0.39 is 0 Å². The van der Waals surface area contributed by atoms with E-state index in [-0.39, 0.29) is 0 Å². The zero-order valence-electron chi connectivity index (χ0n) is 21.6. The summed E-state index contributed by atoms with van der Waals surface area (Å²) < 4.78 is 11.3. The van der Waals surface area contributed by atoms with Crippen molar-refractivity contribution < 1.29 is 9.47 Å². The highest BCUT2D eigenvalue weighted by atomic mass is 16.5. The summed E-state index contributed by atoms with van der Waals surface area (Å²) in [6.07, 6.45) is 2.63. The first kappa shape index (κ1) is 25.4. The predicted molar refractivity (Wildman–Crippen MR) is 148 cm³/mol. The summed E-state index contributed by atoms with van der Waals surface area (Å²) in [6, 6.07) is 15.4. The number of benzene rings is 2. The molecule has 9 nitrogen and oxygen atoms in total. The zero-order chi connectivity index (χ0) is 26.5. The van der Waals surface area contributed by atoms with Gasteiger partial charge in [0.05, 0.1) is 31.1 Å². The van der Waals surface area contributed by atoms with Crippen LogP contribution in [-0.2, 0) is 0 Å². The molecule has 0 spiro atoms. The molecule has 9 heteroatoms. The fourth-order valence-electron chi connectivity index (χ4n) is 4.33. The highest BCUT2D eigenvalue weighted by Gasteiger charge is 2.19. The van der Waals surface area contributed by atoms with Crippen molar-refractivity contribution in [3.8, 4) is 34.0 Å². The summed E-state index contributed by atoms with van der Waals surface area (Å²) in [7, 11) is 3.26. The number of rotatable bonds is 8. The van der Waals surface area contributed by atoms with Gasteiger partial charge in [-0.1, -0.05) is 31.2 Å². The number of hydrogen-bond donors (Lipinski definition) is 4. The highest BCUT2D eigenvalue weighted by molar-refractivity contribution is 6.15. The molecule has 4 aromatic rings. The van der Waals surface area contributed by atoms with E-state index in [2.05, 4.69) is 25.4 Å². The smallest absolute Gasteiger partial charge is 0.183 e. The molecule has 0 unspecified atom stereocenters. The number of nitrogens with zero attached hydrogens (tertiary/aromatic N) is 3. The van der Waals surface area contributed by atoms with Crippen molar-refractivity contribution in [2.24, 2.45) is 10.7 Å². The van der Waals surface area contributed by atoms with Crippen LogP contribution < -0.4 is 25.8 Å². The largest absolute Gasteiger partial charge is 0.496 e. The van der Waals surface area contributed by atoms with Gasteiger partial charge in [-0.15, -0.1) is 0 Å². The van der Waals surface area contributed by atoms with Gasteiger partial charge in [0.15, 0.2) is 5.82 Å². The maximum Gasteiger partial charge on any atom is 0.183 e. The van der Waals surface area contributed by atoms with E-state index in [9.17, 15) is 0 Å². The minimum Gasteiger partial charge on any atom is -0.496 e. The Morgan fingerprint density at radius 2 is 1.59 bits per heavy atom. The van der Waals surface area contributed by atoms with Gasteiger partial charge < -0.3 is 20.6 Å². The second kappa shape index (κ2) is 10.9. The summed E-state index contributed by atoms with van der Waals surface area (Å²) in [5.74, 6) is 2.19. The Morgan fingerprint density at radius 1 is 0.973 bits per heavy atom. The molecule has 190 valence electrons. The van der Waals surface area contributed by atoms with Crippen LogP contribution in [0.5, 0.6) is 11.5 Å². The molecule has 0 amide bonds. The number of H-pyrrole nitrogens is 2. The highest BCUT2D eigenvalue weighted by Crippen LogP contribution is 2.35. The Bertz CT molecular complexity index is 1590. The van der Waals surface area contributed by atoms with Crippen molar-refractivity contribution in [2.75, 3.05) is 14.2 Å². The number of aromatic amines is 2. The van der Waals surface area contributed by atoms with Gasteiger partial charge in [0.1, 0.15) is 17.2 Å². The van der Waals surface area contributed by atoms with Gasteiger partial charge in [-0.05, 0) is 56.2 Å². The van der Waals surface area contributed by atoms with Crippen LogP contribution in [0.1, 0.15) is 32.8 Å². The third-order valence-electron chi connectivity index (χ3n) is 6.01. The number of aliphatic imine (C=N–C) groups is 1. The van der Waals surface area contributed by atoms with Crippen LogP contribution in [0, 0.1) is 5.41 Å². The third kappa shape index (κ3) is 5.02. The molecule has 0 saturated heterocycles. The van der Waals surface area contributed by atoms with Gasteiger partial charge in [-0.25, -0.2) is 4.99 Å². The Hall–Kier alpha value is -4.66. The van der Waals surface area contributed by atoms with E-state index in [0.29, 0.717) is 46.5 Å². The van der Waals surface area contributed by atoms with Gasteiger partial charge in [0.2, 0.25) is 0 Å². The Morgan fingerprint density at radius 3 is 2.19 bits per heavy atom. The maximum absolute atomic E-state index is 8.40. The van der Waals surface area contributed by atoms with E-state index in [1.807, 2.05) is 61.5 Å². The van der Waals surface area contributed by atoms with Crippen molar-refractivity contribution in [3.05, 3.63) is 64.7 Å². The molecule has 0 atom stereocenters. The predicted octanol–water partition coefficient (Wildman–Crippen LogP) is 3.92. The normalized spacial score (nSPS) is 13.0. The molecule has 0 aliphatic carbocycles. The van der Waals surface area contributed by atoms with Gasteiger partial charge in [-0.2, -0.15) is 10.2 Å². The molecule has 2 aromatic carbocycles. The Balaban J connectivity index is 2.16. The van der Waals surface area contributed by atoms with Crippen LogP contribution in [0.3, 0.4) is 0 Å². The quantitative estimate of drug-likeness (QED) is 0.216. The number of nitrogens with two attached hydrogens (primary N) is 1. The number of ether oxygens (including phenoxy) is 2. The van der Waals surface area contributed by atoms with Gasteiger partial charge in [-0.3, -0.25) is 10.2 Å². The minimum absolute atomic E-state index is 0.376. The van der Waals surface area contributed by atoms with Gasteiger partial charge >= 0.3 is 0 Å². The van der Waals surface area contributed by atoms with Crippen molar-refractivity contribution in [3.63, 3.8) is 0 Å². The van der Waals surface area contributed by atoms with E-state index in [4.69, 9.17) is 20.6 Å². The molecule has 0 fully saturated rings. The number of aromatic nitrogens is 4. The lowest BCUT2D eigenvalue weighted by Crippen LogP contribution is -2.29. The van der Waals surface area contributed by atoms with Gasteiger partial charge in [0, 0.05) is 27.6 Å². The number of amidine groups is 1. The maximum atomic E-state index is 8.40. The van der Waals surface area contributed by atoms with Crippen LogP contribution in [0.2, 0.25) is 0 Å². The number of hydrogen-bond acceptors (Lipinski definition) is 6. The molecule has 0 bridgehead atoms. The molecular formula is C28H31N7O2. The molecule has 5 N–H and O–H groups in total. The summed E-state index contributed by atoms with van der Waals surface area (Å²) >= 11 is 0. The first-order chi connectivity index (χ1) is 17.9. The van der Waals surface area contributed by atoms with Crippen LogP contribution in [0.4, 0.5) is 5.82 Å². The monoisotopic (exact) mass is 497 g/mol. The second-order valence-electron chi connectivity index (χ2n) is 8.45. The van der Waals surface area contributed by atoms with Crippen LogP contribution in [0.25, 0.3) is 34.2 Å². The number of methoxy groups -OCH3 is 2. The van der Waals surface area contributed by atoms with Crippen molar-refractivity contribution >= 4 is 29.0 Å². The standard InChI is InChI=1S/C28H31N7O2/c1-6-18(16(2)29)25-21(26(33-32-25)19-11-7-9-13-23(19)36-4)15-22-27(34-35-28(22)31-17(3)30)20-12-8-10-14-24(20)37-5/h7-15,29,32H,6H2,1-5H3,(H3,30,31,34,35). The lowest BCUT2D eigenvalue weighted by molar-refractivity contribution is 0.416. The molecule has 0 radical (unpaired) electrons. The average Bonchev–Trinajstić information content (AvgIpc) is 3.48. The molecule has 2 aromatic heterocycles. The zero-order valence-corrected chi connectivity index (χ0v) is 21.6. The molecule has 37 heavy (non-hydrogen) atoms. The summed E-state index contributed by atoms with van der Waals surface area (Å²) in [6.45, 7) is 5.51. The molecule has 0 aliphatic rings. The SMILES string of the molecule is CCC(C(C)=N)=c1[nH]nc(-c2ccccc2OC)c1=Cc1c(N=C(C)N)n[nH]c1-c1ccccc1OC. The van der Waals surface area contributed by atoms with Crippen molar-refractivity contribution in [1.82, 2.24) is 20.4 Å². The summed E-state index contributed by atoms with van der Waals surface area (Å²) in [5.41, 5.74) is 11.0. The van der Waals surface area contributed by atoms with Crippen molar-refractivity contribution in [2.45, 2.75) is 27.2 Å². The third-order valence-corrected chi connectivity index (χ3v) is 6.01. The Kier molecular flexibility index (Phi) is 7.52. The summed E-state index contributed by atoms with van der Waals surface area (Å²) in [4.78, 5) is 4.48. The second-order valence-corrected chi connectivity index (χ2v) is 8.45. The van der Waals surface area contributed by atoms with Crippen molar-refractivity contribution in [1.29, 1.82) is 5.41 Å². The average molecular weight is 498 g/mol. The van der Waals surface area contributed by atoms with Crippen LogP contribution in [-0.4, -0.2) is 46.2 Å². The molecular weight excluding hydrogens is 466 g/mol. The summed E-state index contributed by atoms with van der Waals surface area (Å²) in [5, 5.41) is 25.4. The van der Waals surface area contributed by atoms with E-state index in [1.165, 1.54) is 0 Å². The molecule has 2 heterocycles. The first-order valence-corrected chi connectivity index (χ1v) is 11.9.